The molecule has 3 N–H and O–H groups in total. The number of nitrogens with zero attached hydrogens (tertiary/aromatic N) is 4. The molecule has 0 fully saturated rings. The standard InChI is InChI=1S/C23H26N6O/c1-15(2)16-9-11-18(12-10-16)29-21(24)19-20(17-7-5-4-6-8-17)26-23(25-13-14-30-3)27-22(19)28-29/h4-12,15H,13-14,24H2,1-3H3,(H,25,27,28). The normalized spacial score (nSPS) is 11.3. The average molecular weight is 403 g/mol. The van der Waals surface area contributed by atoms with E-state index in [4.69, 9.17) is 20.6 Å². The number of methoxy groups -OCH3 is 1. The third kappa shape index (κ3) is 3.84. The van der Waals surface area contributed by atoms with Crippen molar-refractivity contribution in [2.75, 3.05) is 31.3 Å². The molecule has 0 spiro atoms. The topological polar surface area (TPSA) is 90.9 Å². The summed E-state index contributed by atoms with van der Waals surface area (Å²) in [6.07, 6.45) is 0. The Labute approximate surface area is 175 Å². The number of anilines is 2. The van der Waals surface area contributed by atoms with Crippen LogP contribution in [0.1, 0.15) is 25.3 Å². The highest BCUT2D eigenvalue weighted by molar-refractivity contribution is 5.99. The van der Waals surface area contributed by atoms with Gasteiger partial charge in [-0.25, -0.2) is 9.67 Å². The van der Waals surface area contributed by atoms with E-state index < -0.39 is 0 Å². The second-order valence-electron chi connectivity index (χ2n) is 7.42. The Hall–Kier alpha value is -3.45. The van der Waals surface area contributed by atoms with E-state index in [0.717, 1.165) is 22.3 Å². The number of hydrogen-bond acceptors (Lipinski definition) is 6. The molecular weight excluding hydrogens is 376 g/mol. The van der Waals surface area contributed by atoms with Gasteiger partial charge in [-0.15, -0.1) is 5.10 Å². The summed E-state index contributed by atoms with van der Waals surface area (Å²) in [6, 6.07) is 18.2. The zero-order valence-corrected chi connectivity index (χ0v) is 17.5. The number of nitrogen functional groups attached to an aromatic ring is 1. The van der Waals surface area contributed by atoms with E-state index in [0.29, 0.717) is 36.5 Å². The minimum absolute atomic E-state index is 0.462. The molecule has 0 unspecified atom stereocenters. The minimum atomic E-state index is 0.462. The van der Waals surface area contributed by atoms with Gasteiger partial charge in [0.05, 0.1) is 23.4 Å². The van der Waals surface area contributed by atoms with Crippen LogP contribution < -0.4 is 11.1 Å². The molecule has 0 saturated carbocycles. The molecule has 0 radical (unpaired) electrons. The molecule has 0 saturated heterocycles. The van der Waals surface area contributed by atoms with Gasteiger partial charge in [0, 0.05) is 19.2 Å². The van der Waals surface area contributed by atoms with Crippen LogP contribution in [-0.2, 0) is 4.74 Å². The lowest BCUT2D eigenvalue weighted by Crippen LogP contribution is -2.10. The quantitative estimate of drug-likeness (QED) is 0.449. The summed E-state index contributed by atoms with van der Waals surface area (Å²) in [5.74, 6) is 1.48. The van der Waals surface area contributed by atoms with Crippen LogP contribution in [0, 0.1) is 0 Å². The van der Waals surface area contributed by atoms with E-state index in [1.54, 1.807) is 11.8 Å². The zero-order chi connectivity index (χ0) is 21.1. The van der Waals surface area contributed by atoms with E-state index in [1.807, 2.05) is 42.5 Å². The highest BCUT2D eigenvalue weighted by Crippen LogP contribution is 2.32. The molecule has 30 heavy (non-hydrogen) atoms. The summed E-state index contributed by atoms with van der Waals surface area (Å²) < 4.78 is 6.85. The van der Waals surface area contributed by atoms with Crippen molar-refractivity contribution in [2.24, 2.45) is 0 Å². The van der Waals surface area contributed by atoms with Gasteiger partial charge in [-0.05, 0) is 23.6 Å². The lowest BCUT2D eigenvalue weighted by molar-refractivity contribution is 0.210. The summed E-state index contributed by atoms with van der Waals surface area (Å²) >= 11 is 0. The van der Waals surface area contributed by atoms with Gasteiger partial charge in [0.2, 0.25) is 5.95 Å². The number of hydrogen-bond donors (Lipinski definition) is 2. The zero-order valence-electron chi connectivity index (χ0n) is 17.5. The number of fused-ring (bicyclic) bond motifs is 1. The third-order valence-corrected chi connectivity index (χ3v) is 5.01. The van der Waals surface area contributed by atoms with Crippen molar-refractivity contribution >= 4 is 22.8 Å². The highest BCUT2D eigenvalue weighted by Gasteiger charge is 2.19. The Balaban J connectivity index is 1.85. The predicted molar refractivity (Wildman–Crippen MR) is 121 cm³/mol. The number of ether oxygens (including phenoxy) is 1. The first-order valence-electron chi connectivity index (χ1n) is 10.0. The summed E-state index contributed by atoms with van der Waals surface area (Å²) in [5.41, 5.74) is 11.0. The summed E-state index contributed by atoms with van der Waals surface area (Å²) in [6.45, 7) is 5.50. The molecule has 7 heteroatoms. The van der Waals surface area contributed by atoms with Crippen molar-refractivity contribution in [1.82, 2.24) is 19.7 Å². The van der Waals surface area contributed by atoms with E-state index in [9.17, 15) is 0 Å². The largest absolute Gasteiger partial charge is 0.383 e. The lowest BCUT2D eigenvalue weighted by Gasteiger charge is -2.09. The van der Waals surface area contributed by atoms with Crippen LogP contribution >= 0.6 is 0 Å². The summed E-state index contributed by atoms with van der Waals surface area (Å²) in [4.78, 5) is 9.33. The van der Waals surface area contributed by atoms with E-state index in [-0.39, 0.29) is 0 Å². The first-order chi connectivity index (χ1) is 14.6. The van der Waals surface area contributed by atoms with Crippen molar-refractivity contribution in [2.45, 2.75) is 19.8 Å². The predicted octanol–water partition coefficient (Wildman–Crippen LogP) is 4.25. The van der Waals surface area contributed by atoms with Gasteiger partial charge in [-0.2, -0.15) is 4.98 Å². The molecule has 0 aliphatic carbocycles. The Kier molecular flexibility index (Phi) is 5.63. The van der Waals surface area contributed by atoms with E-state index >= 15 is 0 Å². The molecule has 2 aromatic heterocycles. The van der Waals surface area contributed by atoms with E-state index in [1.165, 1.54) is 5.56 Å². The minimum Gasteiger partial charge on any atom is -0.383 e. The van der Waals surface area contributed by atoms with E-state index in [2.05, 4.69) is 36.3 Å². The maximum Gasteiger partial charge on any atom is 0.225 e. The first-order valence-corrected chi connectivity index (χ1v) is 10.0. The van der Waals surface area contributed by atoms with Crippen LogP contribution in [0.25, 0.3) is 28.0 Å². The van der Waals surface area contributed by atoms with Crippen LogP contribution in [-0.4, -0.2) is 40.0 Å². The molecule has 0 amide bonds. The molecule has 4 rings (SSSR count). The number of benzene rings is 2. The number of rotatable bonds is 7. The van der Waals surface area contributed by atoms with Gasteiger partial charge in [0.1, 0.15) is 5.82 Å². The fraction of sp³-hybridized carbons (Fsp3) is 0.261. The fourth-order valence-electron chi connectivity index (χ4n) is 3.36. The van der Waals surface area contributed by atoms with Gasteiger partial charge in [0.15, 0.2) is 5.65 Å². The molecular formula is C23H26N6O. The van der Waals surface area contributed by atoms with Gasteiger partial charge in [-0.3, -0.25) is 0 Å². The average Bonchev–Trinajstić information content (AvgIpc) is 3.10. The van der Waals surface area contributed by atoms with Gasteiger partial charge in [0.25, 0.3) is 0 Å². The van der Waals surface area contributed by atoms with Crippen molar-refractivity contribution in [3.05, 3.63) is 60.2 Å². The molecule has 0 aliphatic heterocycles. The van der Waals surface area contributed by atoms with Crippen molar-refractivity contribution < 1.29 is 4.74 Å². The molecule has 0 atom stereocenters. The monoisotopic (exact) mass is 402 g/mol. The molecule has 4 aromatic rings. The van der Waals surface area contributed by atoms with Crippen molar-refractivity contribution in [3.8, 4) is 16.9 Å². The van der Waals surface area contributed by atoms with Crippen LogP contribution in [0.3, 0.4) is 0 Å². The van der Waals surface area contributed by atoms with Crippen LogP contribution in [0.4, 0.5) is 11.8 Å². The molecule has 0 aliphatic rings. The third-order valence-electron chi connectivity index (χ3n) is 5.01. The van der Waals surface area contributed by atoms with Crippen LogP contribution in [0.2, 0.25) is 0 Å². The van der Waals surface area contributed by atoms with Crippen LogP contribution in [0.5, 0.6) is 0 Å². The van der Waals surface area contributed by atoms with Gasteiger partial charge in [-0.1, -0.05) is 56.3 Å². The maximum atomic E-state index is 6.56. The second-order valence-corrected chi connectivity index (χ2v) is 7.42. The molecule has 7 nitrogen and oxygen atoms in total. The fourth-order valence-corrected chi connectivity index (χ4v) is 3.36. The highest BCUT2D eigenvalue weighted by atomic mass is 16.5. The first kappa shape index (κ1) is 19.8. The van der Waals surface area contributed by atoms with Gasteiger partial charge < -0.3 is 15.8 Å². The Bertz CT molecular complexity index is 1140. The summed E-state index contributed by atoms with van der Waals surface area (Å²) in [5, 5.41) is 8.64. The Morgan fingerprint density at radius 2 is 1.77 bits per heavy atom. The molecule has 0 bridgehead atoms. The van der Waals surface area contributed by atoms with Crippen molar-refractivity contribution in [1.29, 1.82) is 0 Å². The van der Waals surface area contributed by atoms with Gasteiger partial charge >= 0.3 is 0 Å². The van der Waals surface area contributed by atoms with Crippen molar-refractivity contribution in [3.63, 3.8) is 0 Å². The second kappa shape index (κ2) is 8.51. The Morgan fingerprint density at radius 3 is 2.43 bits per heavy atom. The number of nitrogens with two attached hydrogens (primary N) is 1. The van der Waals surface area contributed by atoms with Crippen LogP contribution in [0.15, 0.2) is 54.6 Å². The SMILES string of the molecule is COCCNc1nc(-c2ccccc2)c2c(N)n(-c3ccc(C(C)C)cc3)nc2n1. The molecule has 2 aromatic carbocycles. The maximum absolute atomic E-state index is 6.56. The molecule has 154 valence electrons. The number of nitrogens with one attached hydrogen (secondary N) is 1. The summed E-state index contributed by atoms with van der Waals surface area (Å²) in [7, 11) is 1.66. The smallest absolute Gasteiger partial charge is 0.225 e. The Morgan fingerprint density at radius 1 is 1.03 bits per heavy atom. The molecule has 2 heterocycles. The number of aromatic nitrogens is 4. The lowest BCUT2D eigenvalue weighted by atomic mass is 10.0.